The second kappa shape index (κ2) is 9.04. The van der Waals surface area contributed by atoms with Crippen molar-refractivity contribution in [2.75, 3.05) is 0 Å². The number of benzene rings is 1. The molecule has 0 saturated heterocycles. The van der Waals surface area contributed by atoms with Crippen LogP contribution in [0.25, 0.3) is 0 Å². The molecule has 0 radical (unpaired) electrons. The number of nitrogens with one attached hydrogen (secondary N) is 1. The lowest BCUT2D eigenvalue weighted by Crippen LogP contribution is -2.39. The lowest BCUT2D eigenvalue weighted by atomic mass is 9.92. The normalized spacial score (nSPS) is 18.9. The fourth-order valence-corrected chi connectivity index (χ4v) is 3.57. The van der Waals surface area contributed by atoms with Crippen LogP contribution in [0.15, 0.2) is 24.5 Å². The van der Waals surface area contributed by atoms with E-state index >= 15 is 0 Å². The molecule has 1 fully saturated rings. The molecule has 1 aliphatic carbocycles. The molecule has 2 aromatic rings. The van der Waals surface area contributed by atoms with Gasteiger partial charge in [-0.3, -0.25) is 4.79 Å². The maximum atomic E-state index is 12.5. The summed E-state index contributed by atoms with van der Waals surface area (Å²) in [7, 11) is 0. The number of hydrogen-bond acceptors (Lipinski definition) is 5. The third-order valence-electron chi connectivity index (χ3n) is 5.61. The van der Waals surface area contributed by atoms with Gasteiger partial charge in [-0.1, -0.05) is 13.8 Å². The lowest BCUT2D eigenvalue weighted by molar-refractivity contribution is 0.0892. The van der Waals surface area contributed by atoms with E-state index in [2.05, 4.69) is 21.4 Å². The predicted octanol–water partition coefficient (Wildman–Crippen LogP) is 4.21. The Hall–Kier alpha value is -2.94. The molecule has 1 N–H and O–H groups in total. The first-order valence-corrected chi connectivity index (χ1v) is 10.2. The van der Waals surface area contributed by atoms with Gasteiger partial charge >= 0.3 is 0 Å². The van der Waals surface area contributed by atoms with E-state index in [4.69, 9.17) is 10.00 Å². The van der Waals surface area contributed by atoms with E-state index in [-0.39, 0.29) is 24.0 Å². The lowest BCUT2D eigenvalue weighted by Gasteiger charge is -2.30. The highest BCUT2D eigenvalue weighted by atomic mass is 16.5. The van der Waals surface area contributed by atoms with Crippen molar-refractivity contribution in [2.24, 2.45) is 0 Å². The second-order valence-corrected chi connectivity index (χ2v) is 8.02. The predicted molar refractivity (Wildman–Crippen MR) is 111 cm³/mol. The van der Waals surface area contributed by atoms with Crippen LogP contribution in [0.3, 0.4) is 0 Å². The van der Waals surface area contributed by atoms with Gasteiger partial charge in [0.1, 0.15) is 11.6 Å². The van der Waals surface area contributed by atoms with Gasteiger partial charge < -0.3 is 10.1 Å². The van der Waals surface area contributed by atoms with Crippen LogP contribution in [0.4, 0.5) is 0 Å². The molecule has 1 aromatic heterocycles. The highest BCUT2D eigenvalue weighted by Crippen LogP contribution is 2.29. The van der Waals surface area contributed by atoms with Gasteiger partial charge in [-0.05, 0) is 62.8 Å². The third kappa shape index (κ3) is 4.92. The van der Waals surface area contributed by atoms with Crippen molar-refractivity contribution in [3.63, 3.8) is 0 Å². The first-order valence-electron chi connectivity index (χ1n) is 10.2. The number of carbonyl (C=O) groups excluding carboxylic acids is 1. The van der Waals surface area contributed by atoms with Gasteiger partial charge in [0.2, 0.25) is 0 Å². The zero-order valence-corrected chi connectivity index (χ0v) is 17.5. The highest BCUT2D eigenvalue weighted by Gasteiger charge is 2.25. The van der Waals surface area contributed by atoms with Crippen molar-refractivity contribution in [1.82, 2.24) is 15.3 Å². The average molecular weight is 393 g/mol. The van der Waals surface area contributed by atoms with Gasteiger partial charge in [0, 0.05) is 24.4 Å². The van der Waals surface area contributed by atoms with Crippen molar-refractivity contribution in [2.45, 2.75) is 71.4 Å². The highest BCUT2D eigenvalue weighted by molar-refractivity contribution is 5.93. The number of amides is 1. The molecule has 1 aliphatic rings. The van der Waals surface area contributed by atoms with Crippen LogP contribution in [-0.2, 0) is 0 Å². The molecular formula is C23H28N4O2. The average Bonchev–Trinajstić information content (AvgIpc) is 2.73. The summed E-state index contributed by atoms with van der Waals surface area (Å²) in [5.41, 5.74) is 3.17. The Morgan fingerprint density at radius 2 is 1.79 bits per heavy atom. The van der Waals surface area contributed by atoms with Crippen LogP contribution in [0.2, 0.25) is 0 Å². The minimum Gasteiger partial charge on any atom is -0.490 e. The van der Waals surface area contributed by atoms with E-state index in [0.29, 0.717) is 11.1 Å². The number of aromatic nitrogens is 2. The molecule has 6 nitrogen and oxygen atoms in total. The molecule has 1 aromatic carbocycles. The van der Waals surface area contributed by atoms with Crippen molar-refractivity contribution >= 4 is 5.91 Å². The van der Waals surface area contributed by atoms with E-state index in [1.165, 1.54) is 0 Å². The van der Waals surface area contributed by atoms with Crippen LogP contribution in [0.5, 0.6) is 5.75 Å². The van der Waals surface area contributed by atoms with Crippen molar-refractivity contribution in [3.05, 3.63) is 52.6 Å². The quantitative estimate of drug-likeness (QED) is 0.823. The molecule has 1 saturated carbocycles. The van der Waals surface area contributed by atoms with Gasteiger partial charge in [0.15, 0.2) is 0 Å². The van der Waals surface area contributed by atoms with E-state index in [1.54, 1.807) is 12.4 Å². The molecule has 0 spiro atoms. The van der Waals surface area contributed by atoms with Gasteiger partial charge in [0.25, 0.3) is 5.91 Å². The molecule has 1 heterocycles. The van der Waals surface area contributed by atoms with Gasteiger partial charge in [-0.2, -0.15) is 5.26 Å². The van der Waals surface area contributed by atoms with Crippen LogP contribution in [-0.4, -0.2) is 28.0 Å². The molecule has 0 atom stereocenters. The molecule has 29 heavy (non-hydrogen) atoms. The zero-order chi connectivity index (χ0) is 21.0. The first kappa shape index (κ1) is 20.8. The summed E-state index contributed by atoms with van der Waals surface area (Å²) in [5, 5.41) is 12.2. The molecule has 0 bridgehead atoms. The second-order valence-electron chi connectivity index (χ2n) is 8.02. The largest absolute Gasteiger partial charge is 0.490 e. The minimum atomic E-state index is -0.122. The minimum absolute atomic E-state index is 0.122. The monoisotopic (exact) mass is 392 g/mol. The Labute approximate surface area is 172 Å². The Balaban J connectivity index is 1.52. The zero-order valence-electron chi connectivity index (χ0n) is 17.5. The summed E-state index contributed by atoms with van der Waals surface area (Å²) in [5.74, 6) is 1.71. The molecular weight excluding hydrogens is 364 g/mol. The molecule has 1 amide bonds. The van der Waals surface area contributed by atoms with Crippen LogP contribution in [0, 0.1) is 25.2 Å². The van der Waals surface area contributed by atoms with E-state index in [9.17, 15) is 4.79 Å². The Bertz CT molecular complexity index is 908. The topological polar surface area (TPSA) is 87.9 Å². The molecule has 152 valence electrons. The molecule has 0 aliphatic heterocycles. The number of carbonyl (C=O) groups is 1. The van der Waals surface area contributed by atoms with Crippen LogP contribution in [0.1, 0.15) is 78.3 Å². The number of nitriles is 1. The Morgan fingerprint density at radius 1 is 1.14 bits per heavy atom. The number of ether oxygens (including phenoxy) is 1. The summed E-state index contributed by atoms with van der Waals surface area (Å²) >= 11 is 0. The van der Waals surface area contributed by atoms with Crippen LogP contribution >= 0.6 is 0 Å². The maximum Gasteiger partial charge on any atom is 0.254 e. The summed E-state index contributed by atoms with van der Waals surface area (Å²) in [4.78, 5) is 21.0. The number of rotatable bonds is 5. The number of nitrogens with zero attached hydrogens (tertiary/aromatic N) is 3. The summed E-state index contributed by atoms with van der Waals surface area (Å²) in [6.45, 7) is 7.99. The van der Waals surface area contributed by atoms with Crippen LogP contribution < -0.4 is 10.1 Å². The maximum absolute atomic E-state index is 12.5. The number of hydrogen-bond donors (Lipinski definition) is 1. The Kier molecular flexibility index (Phi) is 6.48. The smallest absolute Gasteiger partial charge is 0.254 e. The van der Waals surface area contributed by atoms with E-state index in [1.807, 2.05) is 39.8 Å². The Morgan fingerprint density at radius 3 is 2.38 bits per heavy atom. The third-order valence-corrected chi connectivity index (χ3v) is 5.61. The molecule has 0 unspecified atom stereocenters. The standard InChI is InChI=1S/C23H28N4O2/c1-14(2)22-25-12-18(13-26-22)23(28)27-19-6-8-20(9-7-19)29-21-10-5-17(11-24)15(3)16(21)4/h5,10,12-14,19-20H,6-9H2,1-4H3,(H,27,28). The summed E-state index contributed by atoms with van der Waals surface area (Å²) in [6, 6.07) is 6.04. The summed E-state index contributed by atoms with van der Waals surface area (Å²) < 4.78 is 6.20. The van der Waals surface area contributed by atoms with E-state index in [0.717, 1.165) is 48.4 Å². The summed E-state index contributed by atoms with van der Waals surface area (Å²) in [6.07, 6.45) is 6.83. The van der Waals surface area contributed by atoms with Crippen molar-refractivity contribution < 1.29 is 9.53 Å². The molecule has 6 heteroatoms. The van der Waals surface area contributed by atoms with Gasteiger partial charge in [0.05, 0.1) is 23.3 Å². The SMILES string of the molecule is Cc1c(C#N)ccc(OC2CCC(NC(=O)c3cnc(C(C)C)nc3)CC2)c1C. The first-order chi connectivity index (χ1) is 13.9. The van der Waals surface area contributed by atoms with Gasteiger partial charge in [-0.15, -0.1) is 0 Å². The molecule has 3 rings (SSSR count). The van der Waals surface area contributed by atoms with E-state index < -0.39 is 0 Å². The fraction of sp³-hybridized carbons (Fsp3) is 0.478. The van der Waals surface area contributed by atoms with Crippen molar-refractivity contribution in [1.29, 1.82) is 5.26 Å². The van der Waals surface area contributed by atoms with Gasteiger partial charge in [-0.25, -0.2) is 9.97 Å². The fourth-order valence-electron chi connectivity index (χ4n) is 3.57. The van der Waals surface area contributed by atoms with Crippen molar-refractivity contribution in [3.8, 4) is 11.8 Å².